The Labute approximate surface area is 170 Å². The molecule has 144 valence electrons. The van der Waals surface area contributed by atoms with Crippen LogP contribution in [0, 0.1) is 0 Å². The van der Waals surface area contributed by atoms with Gasteiger partial charge in [0.15, 0.2) is 0 Å². The molecule has 2 aromatic rings. The summed E-state index contributed by atoms with van der Waals surface area (Å²) in [6, 6.07) is 16.9. The van der Waals surface area contributed by atoms with Gasteiger partial charge in [0.05, 0.1) is 11.7 Å². The molecule has 0 bridgehead atoms. The molecular formula is C22H27BrN2O2. The summed E-state index contributed by atoms with van der Waals surface area (Å²) in [5.74, 6) is 1.08. The number of rotatable bonds is 9. The van der Waals surface area contributed by atoms with E-state index >= 15 is 0 Å². The average molecular weight is 431 g/mol. The number of aliphatic hydroxyl groups is 1. The number of aliphatic imine (C=N–C) groups is 1. The van der Waals surface area contributed by atoms with E-state index in [4.69, 9.17) is 9.73 Å². The van der Waals surface area contributed by atoms with E-state index in [1.165, 1.54) is 11.1 Å². The molecule has 27 heavy (non-hydrogen) atoms. The number of halogens is 1. The van der Waals surface area contributed by atoms with Crippen LogP contribution in [0.2, 0.25) is 0 Å². The van der Waals surface area contributed by atoms with Gasteiger partial charge < -0.3 is 14.7 Å². The molecule has 5 heteroatoms. The second-order valence-electron chi connectivity index (χ2n) is 6.62. The van der Waals surface area contributed by atoms with Crippen molar-refractivity contribution in [2.45, 2.75) is 32.2 Å². The van der Waals surface area contributed by atoms with Crippen LogP contribution >= 0.6 is 15.9 Å². The van der Waals surface area contributed by atoms with Crippen molar-refractivity contribution in [3.05, 3.63) is 64.1 Å². The van der Waals surface area contributed by atoms with E-state index in [1.807, 2.05) is 19.1 Å². The van der Waals surface area contributed by atoms with Gasteiger partial charge in [-0.15, -0.1) is 0 Å². The Morgan fingerprint density at radius 3 is 2.70 bits per heavy atom. The Balaban J connectivity index is 1.99. The average Bonchev–Trinajstić information content (AvgIpc) is 2.70. The fourth-order valence-electron chi connectivity index (χ4n) is 3.54. The molecule has 4 nitrogen and oxygen atoms in total. The highest BCUT2D eigenvalue weighted by atomic mass is 79.9. The summed E-state index contributed by atoms with van der Waals surface area (Å²) in [6.07, 6.45) is 2.52. The first kappa shape index (κ1) is 20.1. The molecule has 1 aliphatic rings. The number of ether oxygens (including phenoxy) is 1. The largest absolute Gasteiger partial charge is 0.396 e. The van der Waals surface area contributed by atoms with Crippen molar-refractivity contribution in [3.63, 3.8) is 0 Å². The zero-order valence-corrected chi connectivity index (χ0v) is 17.4. The summed E-state index contributed by atoms with van der Waals surface area (Å²) >= 11 is 3.61. The maximum Gasteiger partial charge on any atom is 0.106 e. The predicted molar refractivity (Wildman–Crippen MR) is 114 cm³/mol. The third kappa shape index (κ3) is 4.98. The first-order chi connectivity index (χ1) is 13.2. The van der Waals surface area contributed by atoms with E-state index in [1.54, 1.807) is 0 Å². The Morgan fingerprint density at radius 2 is 1.96 bits per heavy atom. The third-order valence-corrected chi connectivity index (χ3v) is 5.24. The number of benzene rings is 2. The maximum atomic E-state index is 9.43. The molecule has 0 saturated carbocycles. The van der Waals surface area contributed by atoms with E-state index in [9.17, 15) is 5.11 Å². The Bertz CT molecular complexity index is 764. The third-order valence-electron chi connectivity index (χ3n) is 4.74. The standard InChI is InChI=1S/C22H27BrN2O2/c1-2-27-15-6-10-21-24-20-12-11-18(23)16-19(20)22(25(21)13-7-14-26)17-8-4-3-5-9-17/h3-5,8-9,11-12,16,22,26H,2,6-7,10,13-15H2,1H3. The van der Waals surface area contributed by atoms with Gasteiger partial charge in [-0.25, -0.2) is 4.99 Å². The van der Waals surface area contributed by atoms with Gasteiger partial charge in [-0.05, 0) is 43.5 Å². The zero-order chi connectivity index (χ0) is 19.1. The summed E-state index contributed by atoms with van der Waals surface area (Å²) in [5, 5.41) is 9.43. The van der Waals surface area contributed by atoms with Crippen LogP contribution in [-0.2, 0) is 4.74 Å². The maximum absolute atomic E-state index is 9.43. The SMILES string of the molecule is CCOCCCC1=Nc2ccc(Br)cc2C(c2ccccc2)N1CCCO. The van der Waals surface area contributed by atoms with E-state index < -0.39 is 0 Å². The van der Waals surface area contributed by atoms with Gasteiger partial charge in [0, 0.05) is 42.8 Å². The quantitative estimate of drug-likeness (QED) is 0.563. The predicted octanol–water partition coefficient (Wildman–Crippen LogP) is 5.08. The lowest BCUT2D eigenvalue weighted by Gasteiger charge is -2.39. The van der Waals surface area contributed by atoms with Crippen LogP contribution in [0.25, 0.3) is 0 Å². The minimum absolute atomic E-state index is 0.102. The van der Waals surface area contributed by atoms with Crippen LogP contribution in [0.1, 0.15) is 43.4 Å². The molecule has 0 saturated heterocycles. The van der Waals surface area contributed by atoms with Crippen LogP contribution < -0.4 is 0 Å². The number of hydrogen-bond donors (Lipinski definition) is 1. The van der Waals surface area contributed by atoms with Crippen LogP contribution in [0.5, 0.6) is 0 Å². The van der Waals surface area contributed by atoms with Crippen molar-refractivity contribution < 1.29 is 9.84 Å². The molecule has 3 rings (SSSR count). The Kier molecular flexibility index (Phi) is 7.44. The molecule has 1 unspecified atom stereocenters. The molecular weight excluding hydrogens is 404 g/mol. The van der Waals surface area contributed by atoms with E-state index in [0.29, 0.717) is 0 Å². The molecule has 1 atom stereocenters. The monoisotopic (exact) mass is 430 g/mol. The minimum Gasteiger partial charge on any atom is -0.396 e. The zero-order valence-electron chi connectivity index (χ0n) is 15.8. The number of aliphatic hydroxyl groups excluding tert-OH is 1. The van der Waals surface area contributed by atoms with Gasteiger partial charge in [-0.1, -0.05) is 46.3 Å². The highest BCUT2D eigenvalue weighted by Gasteiger charge is 2.30. The van der Waals surface area contributed by atoms with Crippen LogP contribution in [0.3, 0.4) is 0 Å². The van der Waals surface area contributed by atoms with Gasteiger partial charge >= 0.3 is 0 Å². The smallest absolute Gasteiger partial charge is 0.106 e. The highest BCUT2D eigenvalue weighted by Crippen LogP contribution is 2.41. The first-order valence-electron chi connectivity index (χ1n) is 9.61. The van der Waals surface area contributed by atoms with Crippen molar-refractivity contribution in [3.8, 4) is 0 Å². The Hall–Kier alpha value is -1.69. The number of hydrogen-bond acceptors (Lipinski definition) is 4. The lowest BCUT2D eigenvalue weighted by atomic mass is 9.93. The molecule has 1 aliphatic heterocycles. The Morgan fingerprint density at radius 1 is 1.15 bits per heavy atom. The summed E-state index contributed by atoms with van der Waals surface area (Å²) in [4.78, 5) is 7.33. The molecule has 0 fully saturated rings. The van der Waals surface area contributed by atoms with Crippen molar-refractivity contribution >= 4 is 27.5 Å². The van der Waals surface area contributed by atoms with Crippen LogP contribution in [-0.4, -0.2) is 42.2 Å². The lowest BCUT2D eigenvalue weighted by Crippen LogP contribution is -2.39. The fraction of sp³-hybridized carbons (Fsp3) is 0.409. The summed E-state index contributed by atoms with van der Waals surface area (Å²) in [5.41, 5.74) is 3.47. The molecule has 0 aliphatic carbocycles. The minimum atomic E-state index is 0.102. The molecule has 2 aromatic carbocycles. The second-order valence-corrected chi connectivity index (χ2v) is 7.53. The molecule has 1 heterocycles. The topological polar surface area (TPSA) is 45.1 Å². The second kappa shape index (κ2) is 10.0. The normalized spacial score (nSPS) is 16.2. The van der Waals surface area contributed by atoms with Gasteiger partial charge in [-0.3, -0.25) is 0 Å². The van der Waals surface area contributed by atoms with Crippen LogP contribution in [0.15, 0.2) is 58.0 Å². The van der Waals surface area contributed by atoms with E-state index in [0.717, 1.165) is 55.0 Å². The van der Waals surface area contributed by atoms with Gasteiger partial charge in [-0.2, -0.15) is 0 Å². The summed E-state index contributed by atoms with van der Waals surface area (Å²) < 4.78 is 6.57. The van der Waals surface area contributed by atoms with Crippen molar-refractivity contribution in [2.24, 2.45) is 4.99 Å². The fourth-order valence-corrected chi connectivity index (χ4v) is 3.92. The molecule has 0 spiro atoms. The molecule has 0 aromatic heterocycles. The number of amidine groups is 1. The van der Waals surface area contributed by atoms with Gasteiger partial charge in [0.25, 0.3) is 0 Å². The number of nitrogens with zero attached hydrogens (tertiary/aromatic N) is 2. The molecule has 0 amide bonds. The number of fused-ring (bicyclic) bond motifs is 1. The molecule has 0 radical (unpaired) electrons. The van der Waals surface area contributed by atoms with E-state index in [2.05, 4.69) is 57.2 Å². The van der Waals surface area contributed by atoms with Crippen LogP contribution in [0.4, 0.5) is 5.69 Å². The lowest BCUT2D eigenvalue weighted by molar-refractivity contribution is 0.145. The van der Waals surface area contributed by atoms with Gasteiger partial charge in [0.2, 0.25) is 0 Å². The summed E-state index contributed by atoms with van der Waals surface area (Å²) in [6.45, 7) is 4.45. The van der Waals surface area contributed by atoms with Crippen molar-refractivity contribution in [1.82, 2.24) is 4.90 Å². The summed E-state index contributed by atoms with van der Waals surface area (Å²) in [7, 11) is 0. The van der Waals surface area contributed by atoms with Crippen molar-refractivity contribution in [1.29, 1.82) is 0 Å². The van der Waals surface area contributed by atoms with Crippen molar-refractivity contribution in [2.75, 3.05) is 26.4 Å². The van der Waals surface area contributed by atoms with E-state index in [-0.39, 0.29) is 12.6 Å². The molecule has 1 N–H and O–H groups in total. The highest BCUT2D eigenvalue weighted by molar-refractivity contribution is 9.10. The first-order valence-corrected chi connectivity index (χ1v) is 10.4. The van der Waals surface area contributed by atoms with Gasteiger partial charge in [0.1, 0.15) is 5.84 Å².